The van der Waals surface area contributed by atoms with Gasteiger partial charge in [0.25, 0.3) is 0 Å². The van der Waals surface area contributed by atoms with E-state index in [0.717, 1.165) is 18.5 Å². The Labute approximate surface area is 226 Å². The molecule has 0 aliphatic rings. The van der Waals surface area contributed by atoms with Crippen molar-refractivity contribution in [2.45, 2.75) is 51.6 Å². The number of aromatic nitrogens is 1. The molecule has 5 aromatic rings. The molecule has 190 valence electrons. The molecule has 0 saturated carbocycles. The molecule has 0 saturated heterocycles. The Hall–Kier alpha value is -3.27. The molecule has 0 amide bonds. The highest BCUT2D eigenvalue weighted by Gasteiger charge is 2.18. The van der Waals surface area contributed by atoms with Crippen LogP contribution in [0.15, 0.2) is 109 Å². The quantitative estimate of drug-likeness (QED) is 0.208. The third-order valence-electron chi connectivity index (χ3n) is 6.83. The number of hydrogen-bond acceptors (Lipinski definition) is 3. The van der Waals surface area contributed by atoms with Gasteiger partial charge in [0.05, 0.1) is 16.7 Å². The first kappa shape index (κ1) is 26.8. The molecule has 2 nitrogen and oxygen atoms in total. The number of ether oxygens (including phenoxy) is 1. The standard InChI is InChI=1S/C18H22O.C16H15NS/c1-3-15(16-10-6-4-7-11-16)14-18(19-2)17-12-8-5-9-13-17;1-11(2)15-12-7-3-4-9-14(12)18-16(15)13-8-5-6-10-17-13/h4-13,15,18H,3,14H2,1-2H3;3-11H,1-2H3. The van der Waals surface area contributed by atoms with Crippen LogP contribution >= 0.6 is 11.3 Å². The summed E-state index contributed by atoms with van der Waals surface area (Å²) in [6.07, 6.45) is 4.20. The van der Waals surface area contributed by atoms with Gasteiger partial charge in [-0.2, -0.15) is 0 Å². The van der Waals surface area contributed by atoms with Crippen molar-refractivity contribution in [2.75, 3.05) is 7.11 Å². The van der Waals surface area contributed by atoms with Gasteiger partial charge in [0.2, 0.25) is 0 Å². The Morgan fingerprint density at radius 3 is 1.97 bits per heavy atom. The first-order valence-corrected chi connectivity index (χ1v) is 14.0. The van der Waals surface area contributed by atoms with Crippen molar-refractivity contribution in [1.29, 1.82) is 0 Å². The summed E-state index contributed by atoms with van der Waals surface area (Å²) in [4.78, 5) is 5.81. The van der Waals surface area contributed by atoms with E-state index >= 15 is 0 Å². The molecule has 2 atom stereocenters. The molecular formula is C34H37NOS. The van der Waals surface area contributed by atoms with Crippen LogP contribution in [0.1, 0.15) is 68.2 Å². The van der Waals surface area contributed by atoms with Crippen molar-refractivity contribution in [2.24, 2.45) is 0 Å². The summed E-state index contributed by atoms with van der Waals surface area (Å²) in [6.45, 7) is 6.75. The molecule has 2 aromatic heterocycles. The van der Waals surface area contributed by atoms with Gasteiger partial charge in [0.15, 0.2) is 0 Å². The Balaban J connectivity index is 0.000000173. The molecule has 0 aliphatic heterocycles. The Kier molecular flexibility index (Phi) is 9.65. The summed E-state index contributed by atoms with van der Waals surface area (Å²) in [5.74, 6) is 1.06. The van der Waals surface area contributed by atoms with E-state index in [1.807, 2.05) is 29.7 Å². The number of methoxy groups -OCH3 is 1. The van der Waals surface area contributed by atoms with Crippen LogP contribution in [0.2, 0.25) is 0 Å². The molecule has 3 aromatic carbocycles. The van der Waals surface area contributed by atoms with E-state index in [9.17, 15) is 0 Å². The SMILES string of the molecule is CC(C)c1c(-c2ccccn2)sc2ccccc12.CCC(CC(OC)c1ccccc1)c1ccccc1. The topological polar surface area (TPSA) is 22.1 Å². The third kappa shape index (κ3) is 6.74. The number of nitrogens with zero attached hydrogens (tertiary/aromatic N) is 1. The summed E-state index contributed by atoms with van der Waals surface area (Å²) in [6, 6.07) is 35.9. The highest BCUT2D eigenvalue weighted by Crippen LogP contribution is 2.41. The zero-order valence-electron chi connectivity index (χ0n) is 22.3. The molecule has 0 aliphatic carbocycles. The van der Waals surface area contributed by atoms with Crippen molar-refractivity contribution in [1.82, 2.24) is 4.98 Å². The average molecular weight is 508 g/mol. The van der Waals surface area contributed by atoms with Gasteiger partial charge in [0, 0.05) is 18.0 Å². The van der Waals surface area contributed by atoms with Crippen LogP contribution in [-0.4, -0.2) is 12.1 Å². The second-order valence-corrected chi connectivity index (χ2v) is 10.6. The highest BCUT2D eigenvalue weighted by atomic mass is 32.1. The van der Waals surface area contributed by atoms with Crippen LogP contribution in [-0.2, 0) is 4.74 Å². The van der Waals surface area contributed by atoms with E-state index in [4.69, 9.17) is 4.74 Å². The third-order valence-corrected chi connectivity index (χ3v) is 8.04. The first-order chi connectivity index (χ1) is 18.1. The maximum Gasteiger partial charge on any atom is 0.0827 e. The fraction of sp³-hybridized carbons (Fsp3) is 0.265. The zero-order valence-corrected chi connectivity index (χ0v) is 23.1. The molecule has 0 N–H and O–H groups in total. The minimum absolute atomic E-state index is 0.173. The largest absolute Gasteiger partial charge is 0.377 e. The fourth-order valence-electron chi connectivity index (χ4n) is 4.88. The van der Waals surface area contributed by atoms with Crippen LogP contribution in [0.3, 0.4) is 0 Å². The lowest BCUT2D eigenvalue weighted by molar-refractivity contribution is 0.0884. The fourth-order valence-corrected chi connectivity index (χ4v) is 6.22. The van der Waals surface area contributed by atoms with Gasteiger partial charge in [-0.25, -0.2) is 0 Å². The van der Waals surface area contributed by atoms with Crippen LogP contribution in [0.25, 0.3) is 20.7 Å². The van der Waals surface area contributed by atoms with Crippen LogP contribution < -0.4 is 0 Å². The summed E-state index contributed by atoms with van der Waals surface area (Å²) >= 11 is 1.84. The van der Waals surface area contributed by atoms with Gasteiger partial charge < -0.3 is 4.74 Å². The van der Waals surface area contributed by atoms with Crippen molar-refractivity contribution in [3.05, 3.63) is 126 Å². The van der Waals surface area contributed by atoms with Crippen molar-refractivity contribution in [3.63, 3.8) is 0 Å². The normalized spacial score (nSPS) is 12.7. The molecule has 0 fully saturated rings. The predicted molar refractivity (Wildman–Crippen MR) is 159 cm³/mol. The van der Waals surface area contributed by atoms with Crippen molar-refractivity contribution < 1.29 is 4.74 Å². The lowest BCUT2D eigenvalue weighted by Crippen LogP contribution is -2.08. The van der Waals surface area contributed by atoms with Crippen LogP contribution in [0.4, 0.5) is 0 Å². The Bertz CT molecular complexity index is 1300. The first-order valence-electron chi connectivity index (χ1n) is 13.2. The lowest BCUT2D eigenvalue weighted by atomic mass is 9.89. The van der Waals surface area contributed by atoms with Crippen LogP contribution in [0.5, 0.6) is 0 Å². The van der Waals surface area contributed by atoms with Crippen molar-refractivity contribution >= 4 is 21.4 Å². The second-order valence-electron chi connectivity index (χ2n) is 9.60. The average Bonchev–Trinajstić information content (AvgIpc) is 3.36. The highest BCUT2D eigenvalue weighted by molar-refractivity contribution is 7.22. The van der Waals surface area contributed by atoms with Gasteiger partial charge in [-0.05, 0) is 65.0 Å². The molecule has 0 radical (unpaired) electrons. The predicted octanol–water partition coefficient (Wildman–Crippen LogP) is 10.0. The van der Waals surface area contributed by atoms with Gasteiger partial charge in [-0.3, -0.25) is 4.98 Å². The van der Waals surface area contributed by atoms with Crippen molar-refractivity contribution in [3.8, 4) is 10.6 Å². The monoisotopic (exact) mass is 507 g/mol. The number of hydrogen-bond donors (Lipinski definition) is 0. The number of rotatable bonds is 8. The van der Waals surface area contributed by atoms with Gasteiger partial charge in [-0.1, -0.05) is 106 Å². The van der Waals surface area contributed by atoms with E-state index < -0.39 is 0 Å². The Morgan fingerprint density at radius 2 is 1.38 bits per heavy atom. The van der Waals surface area contributed by atoms with Gasteiger partial charge >= 0.3 is 0 Å². The van der Waals surface area contributed by atoms with Gasteiger partial charge in [0.1, 0.15) is 0 Å². The maximum absolute atomic E-state index is 5.69. The Morgan fingerprint density at radius 1 is 0.757 bits per heavy atom. The molecule has 37 heavy (non-hydrogen) atoms. The number of benzene rings is 3. The lowest BCUT2D eigenvalue weighted by Gasteiger charge is -2.22. The second kappa shape index (κ2) is 13.3. The molecule has 2 heterocycles. The molecular weight excluding hydrogens is 470 g/mol. The number of thiophene rings is 1. The van der Waals surface area contributed by atoms with Gasteiger partial charge in [-0.15, -0.1) is 11.3 Å². The maximum atomic E-state index is 5.69. The smallest absolute Gasteiger partial charge is 0.0827 e. The molecule has 3 heteroatoms. The summed E-state index contributed by atoms with van der Waals surface area (Å²) < 4.78 is 7.04. The van der Waals surface area contributed by atoms with E-state index in [1.165, 1.54) is 31.7 Å². The van der Waals surface area contributed by atoms with E-state index in [2.05, 4.69) is 117 Å². The summed E-state index contributed by atoms with van der Waals surface area (Å²) in [5, 5.41) is 1.37. The molecule has 0 bridgehead atoms. The molecule has 2 unspecified atom stereocenters. The number of pyridine rings is 1. The minimum atomic E-state index is 0.173. The zero-order chi connectivity index (χ0) is 26.0. The summed E-state index contributed by atoms with van der Waals surface area (Å²) in [5.41, 5.74) is 5.18. The molecule has 0 spiro atoms. The van der Waals surface area contributed by atoms with E-state index in [1.54, 1.807) is 7.11 Å². The minimum Gasteiger partial charge on any atom is -0.377 e. The van der Waals surface area contributed by atoms with E-state index in [-0.39, 0.29) is 6.10 Å². The number of fused-ring (bicyclic) bond motifs is 1. The van der Waals surface area contributed by atoms with E-state index in [0.29, 0.717) is 11.8 Å². The van der Waals surface area contributed by atoms with Crippen LogP contribution in [0, 0.1) is 0 Å². The summed E-state index contributed by atoms with van der Waals surface area (Å²) in [7, 11) is 1.80. The molecule has 5 rings (SSSR count).